The van der Waals surface area contributed by atoms with Crippen molar-refractivity contribution in [3.8, 4) is 0 Å². The minimum absolute atomic E-state index is 0.00428. The lowest BCUT2D eigenvalue weighted by atomic mass is 9.90. The third-order valence-corrected chi connectivity index (χ3v) is 4.91. The summed E-state index contributed by atoms with van der Waals surface area (Å²) >= 11 is 0. The molecule has 5 heteroatoms. The summed E-state index contributed by atoms with van der Waals surface area (Å²) < 4.78 is 4.85. The van der Waals surface area contributed by atoms with Gasteiger partial charge >= 0.3 is 5.97 Å². The van der Waals surface area contributed by atoms with E-state index in [0.29, 0.717) is 0 Å². The van der Waals surface area contributed by atoms with E-state index >= 15 is 0 Å². The second-order valence-corrected chi connectivity index (χ2v) is 6.59. The molecule has 0 saturated heterocycles. The largest absolute Gasteiger partial charge is 0.468 e. The number of hydrogen-bond donors (Lipinski definition) is 0. The maximum atomic E-state index is 12.5. The van der Waals surface area contributed by atoms with Gasteiger partial charge in [-0.3, -0.25) is 9.59 Å². The summed E-state index contributed by atoms with van der Waals surface area (Å²) in [4.78, 5) is 28.3. The minimum Gasteiger partial charge on any atom is -0.468 e. The Morgan fingerprint density at radius 2 is 1.77 bits per heavy atom. The van der Waals surface area contributed by atoms with Crippen molar-refractivity contribution >= 4 is 23.3 Å². The molecule has 136 valence electrons. The lowest BCUT2D eigenvalue weighted by molar-refractivity contribution is -0.139. The molecule has 26 heavy (non-hydrogen) atoms. The highest BCUT2D eigenvalue weighted by Gasteiger charge is 2.35. The second kappa shape index (κ2) is 7.60. The highest BCUT2D eigenvalue weighted by atomic mass is 16.5. The van der Waals surface area contributed by atoms with E-state index in [0.717, 1.165) is 23.4 Å². The molecule has 2 aromatic rings. The van der Waals surface area contributed by atoms with E-state index in [2.05, 4.69) is 11.8 Å². The fourth-order valence-electron chi connectivity index (χ4n) is 3.70. The van der Waals surface area contributed by atoms with E-state index in [-0.39, 0.29) is 30.5 Å². The zero-order valence-corrected chi connectivity index (χ0v) is 15.4. The molecular weight excluding hydrogens is 328 g/mol. The molecule has 1 aliphatic heterocycles. The number of esters is 1. The van der Waals surface area contributed by atoms with Crippen molar-refractivity contribution in [2.24, 2.45) is 0 Å². The van der Waals surface area contributed by atoms with E-state index in [9.17, 15) is 9.59 Å². The van der Waals surface area contributed by atoms with Gasteiger partial charge in [0.2, 0.25) is 5.91 Å². The van der Waals surface area contributed by atoms with Crippen LogP contribution in [0.2, 0.25) is 0 Å². The topological polar surface area (TPSA) is 49.9 Å². The lowest BCUT2D eigenvalue weighted by Gasteiger charge is -2.44. The van der Waals surface area contributed by atoms with Crippen LogP contribution in [0.3, 0.4) is 0 Å². The van der Waals surface area contributed by atoms with Crippen LogP contribution in [-0.2, 0) is 14.3 Å². The number of ether oxygens (including phenoxy) is 1. The number of benzene rings is 2. The molecule has 1 aliphatic rings. The molecule has 0 unspecified atom stereocenters. The number of methoxy groups -OCH3 is 1. The van der Waals surface area contributed by atoms with Crippen molar-refractivity contribution in [2.75, 3.05) is 23.5 Å². The maximum Gasteiger partial charge on any atom is 0.325 e. The quantitative estimate of drug-likeness (QED) is 0.790. The average molecular weight is 352 g/mol. The Morgan fingerprint density at radius 1 is 1.12 bits per heavy atom. The molecule has 3 rings (SSSR count). The molecular formula is C21H24N2O3. The molecule has 0 N–H and O–H groups in total. The highest BCUT2D eigenvalue weighted by molar-refractivity contribution is 5.93. The molecule has 5 nitrogen and oxygen atoms in total. The number of hydrogen-bond acceptors (Lipinski definition) is 4. The van der Waals surface area contributed by atoms with Crippen LogP contribution >= 0.6 is 0 Å². The third kappa shape index (κ3) is 3.43. The van der Waals surface area contributed by atoms with Crippen LogP contribution in [0.4, 0.5) is 11.4 Å². The van der Waals surface area contributed by atoms with Crippen LogP contribution in [0.15, 0.2) is 54.6 Å². The first-order valence-electron chi connectivity index (χ1n) is 8.80. The first kappa shape index (κ1) is 18.0. The zero-order valence-electron chi connectivity index (χ0n) is 15.4. The van der Waals surface area contributed by atoms with Gasteiger partial charge in [-0.2, -0.15) is 0 Å². The Kier molecular flexibility index (Phi) is 5.26. The highest BCUT2D eigenvalue weighted by Crippen LogP contribution is 2.41. The van der Waals surface area contributed by atoms with Gasteiger partial charge in [0.25, 0.3) is 0 Å². The van der Waals surface area contributed by atoms with Crippen molar-refractivity contribution < 1.29 is 14.3 Å². The number of anilines is 2. The van der Waals surface area contributed by atoms with Gasteiger partial charge in [-0.1, -0.05) is 36.4 Å². The Bertz CT molecular complexity index is 791. The zero-order chi connectivity index (χ0) is 18.7. The molecule has 0 saturated carbocycles. The predicted molar refractivity (Wildman–Crippen MR) is 102 cm³/mol. The standard InChI is InChI=1S/C21H24N2O3/c1-15-13-20(23(16(2)24)17-9-5-4-6-10-17)18-11-7-8-12-19(18)22(15)14-21(25)26-3/h4-12,15,20H,13-14H2,1-3H3/t15-,20+/m0/s1. The van der Waals surface area contributed by atoms with Crippen LogP contribution in [0.5, 0.6) is 0 Å². The number of rotatable bonds is 4. The molecule has 2 atom stereocenters. The Labute approximate surface area is 154 Å². The van der Waals surface area contributed by atoms with Crippen molar-refractivity contribution in [1.82, 2.24) is 0 Å². The van der Waals surface area contributed by atoms with Crippen LogP contribution < -0.4 is 9.80 Å². The van der Waals surface area contributed by atoms with Crippen LogP contribution in [0, 0.1) is 0 Å². The van der Waals surface area contributed by atoms with Crippen LogP contribution in [-0.4, -0.2) is 31.6 Å². The summed E-state index contributed by atoms with van der Waals surface area (Å²) in [6.45, 7) is 3.88. The smallest absolute Gasteiger partial charge is 0.325 e. The van der Waals surface area contributed by atoms with E-state index in [1.165, 1.54) is 7.11 Å². The van der Waals surface area contributed by atoms with Crippen molar-refractivity contribution in [1.29, 1.82) is 0 Å². The molecule has 2 aromatic carbocycles. The number of amides is 1. The van der Waals surface area contributed by atoms with Gasteiger partial charge in [0.1, 0.15) is 6.54 Å². The Balaban J connectivity index is 2.04. The van der Waals surface area contributed by atoms with Crippen LogP contribution in [0.25, 0.3) is 0 Å². The van der Waals surface area contributed by atoms with E-state index in [4.69, 9.17) is 4.74 Å². The molecule has 0 spiro atoms. The number of fused-ring (bicyclic) bond motifs is 1. The normalized spacial score (nSPS) is 18.8. The van der Waals surface area contributed by atoms with Crippen molar-refractivity contribution in [3.63, 3.8) is 0 Å². The summed E-state index contributed by atoms with van der Waals surface area (Å²) in [5, 5.41) is 0. The summed E-state index contributed by atoms with van der Waals surface area (Å²) in [6, 6.07) is 17.7. The first-order chi connectivity index (χ1) is 12.5. The number of para-hydroxylation sites is 2. The predicted octanol–water partition coefficient (Wildman–Crippen LogP) is 3.55. The summed E-state index contributed by atoms with van der Waals surface area (Å²) in [5.74, 6) is -0.263. The van der Waals surface area contributed by atoms with Gasteiger partial charge in [0, 0.05) is 24.3 Å². The monoisotopic (exact) mass is 352 g/mol. The van der Waals surface area contributed by atoms with Gasteiger partial charge in [-0.15, -0.1) is 0 Å². The van der Waals surface area contributed by atoms with Gasteiger partial charge in [-0.25, -0.2) is 0 Å². The van der Waals surface area contributed by atoms with Crippen LogP contribution in [0.1, 0.15) is 31.9 Å². The third-order valence-electron chi connectivity index (χ3n) is 4.91. The molecule has 0 aromatic heterocycles. The van der Waals surface area contributed by atoms with Gasteiger partial charge in [0.05, 0.1) is 13.2 Å². The van der Waals surface area contributed by atoms with Gasteiger partial charge in [0.15, 0.2) is 0 Å². The molecule has 0 aliphatic carbocycles. The summed E-state index contributed by atoms with van der Waals surface area (Å²) in [6.07, 6.45) is 0.739. The molecule has 1 heterocycles. The molecule has 1 amide bonds. The number of carbonyl (C=O) groups is 2. The fraction of sp³-hybridized carbons (Fsp3) is 0.333. The van der Waals surface area contributed by atoms with Crippen molar-refractivity contribution in [3.05, 3.63) is 60.2 Å². The number of nitrogens with zero attached hydrogens (tertiary/aromatic N) is 2. The molecule has 0 fully saturated rings. The van der Waals surface area contributed by atoms with Gasteiger partial charge < -0.3 is 14.5 Å². The average Bonchev–Trinajstić information content (AvgIpc) is 2.65. The SMILES string of the molecule is COC(=O)CN1c2ccccc2[C@H](N(C(C)=O)c2ccccc2)C[C@@H]1C. The Morgan fingerprint density at radius 3 is 2.42 bits per heavy atom. The fourth-order valence-corrected chi connectivity index (χ4v) is 3.70. The van der Waals surface area contributed by atoms with E-state index in [1.807, 2.05) is 59.5 Å². The van der Waals surface area contributed by atoms with Gasteiger partial charge in [-0.05, 0) is 37.1 Å². The van der Waals surface area contributed by atoms with E-state index in [1.54, 1.807) is 6.92 Å². The Hall–Kier alpha value is -2.82. The minimum atomic E-state index is -0.267. The maximum absolute atomic E-state index is 12.5. The summed E-state index contributed by atoms with van der Waals surface area (Å²) in [5.41, 5.74) is 2.91. The lowest BCUT2D eigenvalue weighted by Crippen LogP contribution is -2.46. The first-order valence-corrected chi connectivity index (χ1v) is 8.80. The second-order valence-electron chi connectivity index (χ2n) is 6.59. The van der Waals surface area contributed by atoms with Crippen molar-refractivity contribution in [2.45, 2.75) is 32.4 Å². The molecule has 0 radical (unpaired) electrons. The number of carbonyl (C=O) groups excluding carboxylic acids is 2. The van der Waals surface area contributed by atoms with E-state index < -0.39 is 0 Å². The molecule has 0 bridgehead atoms. The summed E-state index contributed by atoms with van der Waals surface area (Å²) in [7, 11) is 1.40.